The van der Waals surface area contributed by atoms with Gasteiger partial charge >= 0.3 is 0 Å². The maximum absolute atomic E-state index is 6.63. The number of nitrogens with zero attached hydrogens (tertiary/aromatic N) is 12. The average Bonchev–Trinajstić information content (AvgIpc) is 1.49. The Morgan fingerprint density at radius 1 is 0.162 bits per heavy atom. The summed E-state index contributed by atoms with van der Waals surface area (Å²) >= 11 is 0. The number of aromatic nitrogens is 12. The summed E-state index contributed by atoms with van der Waals surface area (Å²) in [5, 5.41) is 17.7. The third-order valence-electron chi connectivity index (χ3n) is 27.6. The summed E-state index contributed by atoms with van der Waals surface area (Å²) in [6.07, 6.45) is 0. The molecule has 660 valence electrons. The Hall–Kier alpha value is -19.6. The van der Waals surface area contributed by atoms with Gasteiger partial charge in [-0.05, 0) is 137 Å². The molecule has 0 saturated heterocycles. The van der Waals surface area contributed by atoms with Gasteiger partial charge in [0, 0.05) is 132 Å². The normalized spacial score (nSPS) is 11.9. The Kier molecular flexibility index (Phi) is 18.0. The number of furan rings is 4. The second-order valence-electron chi connectivity index (χ2n) is 35.9. The molecular formula is C126H72N12O4. The van der Waals surface area contributed by atoms with Crippen LogP contribution in [0, 0.1) is 0 Å². The van der Waals surface area contributed by atoms with Gasteiger partial charge in [0.2, 0.25) is 0 Å². The third kappa shape index (κ3) is 13.1. The Labute approximate surface area is 808 Å². The molecule has 0 unspecified atom stereocenters. The van der Waals surface area contributed by atoms with Crippen molar-refractivity contribution >= 4 is 153 Å². The number of hydrogen-bond acceptors (Lipinski definition) is 14. The van der Waals surface area contributed by atoms with Crippen LogP contribution < -0.4 is 0 Å². The lowest BCUT2D eigenvalue weighted by Crippen LogP contribution is -2.06. The molecule has 0 amide bonds. The van der Waals surface area contributed by atoms with Crippen LogP contribution in [0.1, 0.15) is 0 Å². The van der Waals surface area contributed by atoms with Crippen LogP contribution in [0.25, 0.3) is 300 Å². The monoisotopic (exact) mass is 1820 g/mol. The molecule has 19 aromatic carbocycles. The SMILES string of the molecule is c1ccc(-c2cc(-c3cccc4c3oc3ccccc34)nc(-c3cc(-c4nc(-c5ccccc5)cc(-c5cccc6c5oc5ccccc56)n4)cc(-n4c5cccc6ccc7cccc4c7c65)c3)n2)cc1.c1ccc(-c2cc(-c3cccc4c3oc3ccccc34)nc(-c3cc(-n4c5cccc6ccc7cccc4c7c65)nc(-c4nc(-c5ccccc5)cc(-c5cccc6c5oc5ccccc56)n4)n3)n2)cc1. The maximum atomic E-state index is 6.63. The fraction of sp³-hybridized carbons (Fsp3) is 0. The van der Waals surface area contributed by atoms with Crippen LogP contribution in [0.3, 0.4) is 0 Å². The molecule has 0 fully saturated rings. The van der Waals surface area contributed by atoms with Crippen LogP contribution in [-0.4, -0.2) is 59.0 Å². The summed E-state index contributed by atoms with van der Waals surface area (Å²) in [5.74, 6) is 2.76. The van der Waals surface area contributed by atoms with Gasteiger partial charge < -0.3 is 22.2 Å². The standard InChI is InChI=1S/C64H37N5O2.C62H35N7O2/c1-3-15-38(16-4-1)51-36-53(49-25-13-23-47-45-21-7-9-29-57(45)70-61(47)49)67-63(65-51)42-33-43(35-44(34-42)69-55-27-11-19-40-31-32-41-20-12-28-56(69)60(41)59(40)55)64-66-52(39-17-5-2-6-18-39)37-54(68-64)50-26-14-24-48-46-22-8-10-30-58(46)71-62(48)50;1-3-15-36(16-4-1)46-33-48(44-25-13-23-42-40-21-7-9-29-53(40)70-58(42)44)65-60(63-46)50-35-55(69-51-27-11-19-38-31-32-39-20-12-28-52(69)57(39)56(38)51)68-62(67-50)61-64-47(37-17-5-2-6-18-37)34-49(66-61)45-26-14-24-43-41-22-8-10-30-54(41)71-59(43)45/h1-37H;1-35H. The first kappa shape index (κ1) is 79.8. The van der Waals surface area contributed by atoms with E-state index in [0.717, 1.165) is 221 Å². The minimum atomic E-state index is 0.304. The predicted octanol–water partition coefficient (Wildman–Crippen LogP) is 32.3. The largest absolute Gasteiger partial charge is 0.455 e. The van der Waals surface area contributed by atoms with E-state index >= 15 is 0 Å². The Morgan fingerprint density at radius 3 is 0.768 bits per heavy atom. The number of fused-ring (bicyclic) bond motifs is 12. The van der Waals surface area contributed by atoms with Crippen molar-refractivity contribution in [3.8, 4) is 148 Å². The van der Waals surface area contributed by atoms with E-state index in [9.17, 15) is 0 Å². The van der Waals surface area contributed by atoms with Gasteiger partial charge in [0.15, 0.2) is 29.1 Å². The van der Waals surface area contributed by atoms with E-state index < -0.39 is 0 Å². The van der Waals surface area contributed by atoms with Gasteiger partial charge in [0.05, 0.1) is 67.6 Å². The zero-order valence-electron chi connectivity index (χ0n) is 75.6. The van der Waals surface area contributed by atoms with E-state index in [1.807, 2.05) is 176 Å². The summed E-state index contributed by atoms with van der Waals surface area (Å²) in [6.45, 7) is 0. The van der Waals surface area contributed by atoms with Gasteiger partial charge in [-0.25, -0.2) is 49.8 Å². The molecule has 0 bridgehead atoms. The highest BCUT2D eigenvalue weighted by Gasteiger charge is 2.29. The fourth-order valence-corrected chi connectivity index (χ4v) is 21.2. The second kappa shape index (κ2) is 32.0. The van der Waals surface area contributed by atoms with Gasteiger partial charge in [-0.15, -0.1) is 0 Å². The highest BCUT2D eigenvalue weighted by atomic mass is 16.3. The van der Waals surface area contributed by atoms with Crippen molar-refractivity contribution in [1.82, 2.24) is 59.0 Å². The van der Waals surface area contributed by atoms with Crippen molar-refractivity contribution < 1.29 is 17.7 Å². The van der Waals surface area contributed by atoms with E-state index in [1.54, 1.807) is 0 Å². The van der Waals surface area contributed by atoms with Crippen molar-refractivity contribution in [3.05, 3.63) is 437 Å². The van der Waals surface area contributed by atoms with E-state index in [1.165, 1.54) is 21.5 Å². The Bertz CT molecular complexity index is 9200. The van der Waals surface area contributed by atoms with Crippen LogP contribution in [0.2, 0.25) is 0 Å². The average molecular weight is 1820 g/mol. The lowest BCUT2D eigenvalue weighted by Gasteiger charge is -2.15. The van der Waals surface area contributed by atoms with Crippen molar-refractivity contribution in [2.45, 2.75) is 0 Å². The quantitative estimate of drug-likeness (QED) is 0.0934. The van der Waals surface area contributed by atoms with Gasteiger partial charge in [0.1, 0.15) is 56.2 Å². The van der Waals surface area contributed by atoms with Gasteiger partial charge in [-0.1, -0.05) is 315 Å². The molecule has 16 nitrogen and oxygen atoms in total. The summed E-state index contributed by atoms with van der Waals surface area (Å²) in [6, 6.07) is 150. The predicted molar refractivity (Wildman–Crippen MR) is 571 cm³/mol. The summed E-state index contributed by atoms with van der Waals surface area (Å²) in [5.41, 5.74) is 26.7. The minimum absolute atomic E-state index is 0.304. The molecule has 30 aromatic rings. The zero-order valence-corrected chi connectivity index (χ0v) is 75.6. The van der Waals surface area contributed by atoms with Crippen molar-refractivity contribution in [2.75, 3.05) is 0 Å². The molecule has 0 atom stereocenters. The van der Waals surface area contributed by atoms with Crippen LogP contribution in [0.4, 0.5) is 0 Å². The summed E-state index contributed by atoms with van der Waals surface area (Å²) in [4.78, 5) is 54.0. The van der Waals surface area contributed by atoms with Crippen LogP contribution in [0.15, 0.2) is 454 Å². The molecule has 0 aliphatic rings. The zero-order chi connectivity index (χ0) is 93.1. The molecule has 0 N–H and O–H groups in total. The highest BCUT2D eigenvalue weighted by molar-refractivity contribution is 6.26. The smallest absolute Gasteiger partial charge is 0.200 e. The van der Waals surface area contributed by atoms with Crippen molar-refractivity contribution in [2.24, 2.45) is 0 Å². The molecule has 0 spiro atoms. The first-order valence-corrected chi connectivity index (χ1v) is 47.3. The van der Waals surface area contributed by atoms with E-state index in [-0.39, 0.29) is 0 Å². The first-order valence-electron chi connectivity index (χ1n) is 47.3. The van der Waals surface area contributed by atoms with E-state index in [0.29, 0.717) is 57.7 Å². The molecule has 11 heterocycles. The first-order chi connectivity index (χ1) is 70.3. The molecular weight excluding hydrogens is 1750 g/mol. The van der Waals surface area contributed by atoms with E-state index in [2.05, 4.69) is 270 Å². The van der Waals surface area contributed by atoms with Crippen molar-refractivity contribution in [3.63, 3.8) is 0 Å². The van der Waals surface area contributed by atoms with Crippen molar-refractivity contribution in [1.29, 1.82) is 0 Å². The van der Waals surface area contributed by atoms with Crippen LogP contribution in [0.5, 0.6) is 0 Å². The number of rotatable bonds is 14. The lowest BCUT2D eigenvalue weighted by molar-refractivity contribution is 0.669. The van der Waals surface area contributed by atoms with E-state index in [4.69, 9.17) is 67.5 Å². The fourth-order valence-electron chi connectivity index (χ4n) is 21.2. The number of benzene rings is 19. The van der Waals surface area contributed by atoms with Gasteiger partial charge in [0.25, 0.3) is 0 Å². The van der Waals surface area contributed by atoms with Crippen LogP contribution >= 0.6 is 0 Å². The summed E-state index contributed by atoms with van der Waals surface area (Å²) < 4.78 is 31.0. The van der Waals surface area contributed by atoms with Gasteiger partial charge in [-0.2, -0.15) is 0 Å². The Balaban J connectivity index is 0.000000136. The molecule has 11 aromatic heterocycles. The van der Waals surface area contributed by atoms with Gasteiger partial charge in [-0.3, -0.25) is 4.57 Å². The molecule has 0 aliphatic carbocycles. The molecule has 0 aliphatic heterocycles. The summed E-state index contributed by atoms with van der Waals surface area (Å²) in [7, 11) is 0. The minimum Gasteiger partial charge on any atom is -0.455 e. The maximum Gasteiger partial charge on any atom is 0.200 e. The van der Waals surface area contributed by atoms with Crippen LogP contribution in [-0.2, 0) is 0 Å². The second-order valence-corrected chi connectivity index (χ2v) is 35.9. The Morgan fingerprint density at radius 2 is 0.423 bits per heavy atom. The number of hydrogen-bond donors (Lipinski definition) is 0. The molecule has 142 heavy (non-hydrogen) atoms. The molecule has 0 radical (unpaired) electrons. The third-order valence-corrected chi connectivity index (χ3v) is 27.6. The molecule has 16 heteroatoms. The topological polar surface area (TPSA) is 191 Å². The lowest BCUT2D eigenvalue weighted by atomic mass is 10.0. The number of para-hydroxylation sites is 8. The molecule has 0 saturated carbocycles. The molecule has 30 rings (SSSR count). The highest BCUT2D eigenvalue weighted by Crippen LogP contribution is 2.48.